The number of hydrogen-bond acceptors (Lipinski definition) is 7. The maximum absolute atomic E-state index is 12.5. The average molecular weight is 534 g/mol. The second-order valence-corrected chi connectivity index (χ2v) is 11.1. The van der Waals surface area contributed by atoms with Gasteiger partial charge in [0.05, 0.1) is 6.61 Å². The SMILES string of the molecule is CC(C)(C)c1ccc(C(=O)NC(CCCC(=O)N[C@@H]2C(=O)N3C(C(=O)O)=C(CO)CS[C@@H]23)C(=O)O)cc1. The molecule has 3 amide bonds. The lowest BCUT2D eigenvalue weighted by molar-refractivity contribution is -0.150. The summed E-state index contributed by atoms with van der Waals surface area (Å²) in [5.74, 6) is -3.92. The lowest BCUT2D eigenvalue weighted by atomic mass is 9.86. The summed E-state index contributed by atoms with van der Waals surface area (Å²) in [6.07, 6.45) is 0.0667. The first-order valence-electron chi connectivity index (χ1n) is 11.8. The third-order valence-corrected chi connectivity index (χ3v) is 7.61. The summed E-state index contributed by atoms with van der Waals surface area (Å²) >= 11 is 1.24. The van der Waals surface area contributed by atoms with Gasteiger partial charge in [0.15, 0.2) is 0 Å². The van der Waals surface area contributed by atoms with E-state index in [0.29, 0.717) is 5.56 Å². The number of carboxylic acid groups (broad SMARTS) is 2. The van der Waals surface area contributed by atoms with E-state index >= 15 is 0 Å². The van der Waals surface area contributed by atoms with Crippen LogP contribution in [0.4, 0.5) is 0 Å². The van der Waals surface area contributed by atoms with Gasteiger partial charge in [-0.1, -0.05) is 32.9 Å². The largest absolute Gasteiger partial charge is 0.480 e. The van der Waals surface area contributed by atoms with Crippen molar-refractivity contribution in [1.82, 2.24) is 15.5 Å². The third-order valence-electron chi connectivity index (χ3n) is 6.27. The Morgan fingerprint density at radius 1 is 1.14 bits per heavy atom. The number of nitrogens with one attached hydrogen (secondary N) is 2. The Bertz CT molecular complexity index is 1130. The van der Waals surface area contributed by atoms with Crippen molar-refractivity contribution >= 4 is 41.4 Å². The molecule has 1 aromatic carbocycles. The van der Waals surface area contributed by atoms with Crippen LogP contribution in [0.25, 0.3) is 0 Å². The lowest BCUT2D eigenvalue weighted by Gasteiger charge is -2.49. The van der Waals surface area contributed by atoms with Gasteiger partial charge in [-0.15, -0.1) is 11.8 Å². The van der Waals surface area contributed by atoms with Crippen LogP contribution >= 0.6 is 11.8 Å². The molecule has 0 spiro atoms. The first-order chi connectivity index (χ1) is 17.3. The Balaban J connectivity index is 1.50. The quantitative estimate of drug-likeness (QED) is 0.276. The zero-order valence-corrected chi connectivity index (χ0v) is 21.6. The smallest absolute Gasteiger partial charge is 0.352 e. The van der Waals surface area contributed by atoms with E-state index in [2.05, 4.69) is 10.6 Å². The fourth-order valence-corrected chi connectivity index (χ4v) is 5.47. The molecular weight excluding hydrogens is 502 g/mol. The standard InChI is InChI=1S/C25H31N3O8S/c1-25(2,3)15-9-7-13(8-10-15)20(31)26-16(23(33)34)5-4-6-17(30)27-18-21(32)28-19(24(35)36)14(11-29)12-37-22(18)28/h7-10,16,18,22,29H,4-6,11-12H2,1-3H3,(H,26,31)(H,27,30)(H,33,34)(H,35,36)/t16?,18-,22+/m1/s1. The molecule has 5 N–H and O–H groups in total. The molecule has 0 aliphatic carbocycles. The number of amides is 3. The van der Waals surface area contributed by atoms with Crippen molar-refractivity contribution in [2.24, 2.45) is 0 Å². The first-order valence-corrected chi connectivity index (χ1v) is 12.8. The van der Waals surface area contributed by atoms with Crippen LogP contribution in [0.2, 0.25) is 0 Å². The zero-order valence-electron chi connectivity index (χ0n) is 20.8. The van der Waals surface area contributed by atoms with Gasteiger partial charge in [-0.25, -0.2) is 9.59 Å². The number of benzene rings is 1. The number of hydrogen-bond donors (Lipinski definition) is 5. The molecule has 1 fully saturated rings. The molecular formula is C25H31N3O8S. The Labute approximate surface area is 218 Å². The molecule has 1 saturated heterocycles. The minimum Gasteiger partial charge on any atom is -0.480 e. The summed E-state index contributed by atoms with van der Waals surface area (Å²) in [5.41, 5.74) is 1.26. The predicted molar refractivity (Wildman–Crippen MR) is 135 cm³/mol. The van der Waals surface area contributed by atoms with E-state index in [4.69, 9.17) is 0 Å². The highest BCUT2D eigenvalue weighted by Crippen LogP contribution is 2.40. The van der Waals surface area contributed by atoms with Gasteiger partial charge in [0.1, 0.15) is 23.2 Å². The molecule has 0 aromatic heterocycles. The molecule has 37 heavy (non-hydrogen) atoms. The van der Waals surface area contributed by atoms with E-state index in [0.717, 1.165) is 10.5 Å². The number of aliphatic carboxylic acids is 2. The fraction of sp³-hybridized carbons (Fsp3) is 0.480. The molecule has 2 aliphatic rings. The molecule has 3 atom stereocenters. The molecule has 2 aliphatic heterocycles. The van der Waals surface area contributed by atoms with Crippen LogP contribution in [0.5, 0.6) is 0 Å². The van der Waals surface area contributed by atoms with Crippen LogP contribution in [0.1, 0.15) is 56.0 Å². The number of nitrogens with zero attached hydrogens (tertiary/aromatic N) is 1. The minimum atomic E-state index is -1.32. The Morgan fingerprint density at radius 3 is 2.32 bits per heavy atom. The number of aliphatic hydroxyl groups excluding tert-OH is 1. The molecule has 0 radical (unpaired) electrons. The van der Waals surface area contributed by atoms with Crippen LogP contribution < -0.4 is 10.6 Å². The van der Waals surface area contributed by atoms with E-state index in [1.165, 1.54) is 11.8 Å². The number of carboxylic acids is 2. The highest BCUT2D eigenvalue weighted by atomic mass is 32.2. The topological polar surface area (TPSA) is 173 Å². The number of carbonyl (C=O) groups is 5. The highest BCUT2D eigenvalue weighted by Gasteiger charge is 2.54. The van der Waals surface area contributed by atoms with Gasteiger partial charge in [-0.3, -0.25) is 19.3 Å². The molecule has 1 aromatic rings. The van der Waals surface area contributed by atoms with Gasteiger partial charge in [0.25, 0.3) is 11.8 Å². The summed E-state index contributed by atoms with van der Waals surface area (Å²) in [7, 11) is 0. The number of rotatable bonds is 10. The van der Waals surface area contributed by atoms with Crippen molar-refractivity contribution in [3.63, 3.8) is 0 Å². The van der Waals surface area contributed by atoms with Gasteiger partial charge in [-0.2, -0.15) is 0 Å². The molecule has 0 bridgehead atoms. The molecule has 12 heteroatoms. The number of fused-ring (bicyclic) bond motifs is 1. The molecule has 200 valence electrons. The second-order valence-electron chi connectivity index (χ2n) is 9.95. The number of thioether (sulfide) groups is 1. The van der Waals surface area contributed by atoms with E-state index < -0.39 is 53.7 Å². The van der Waals surface area contributed by atoms with E-state index in [1.807, 2.05) is 32.9 Å². The van der Waals surface area contributed by atoms with Crippen molar-refractivity contribution in [3.8, 4) is 0 Å². The Kier molecular flexibility index (Phi) is 8.64. The summed E-state index contributed by atoms with van der Waals surface area (Å²) in [6.45, 7) is 5.65. The average Bonchev–Trinajstić information content (AvgIpc) is 2.84. The zero-order chi connectivity index (χ0) is 27.5. The van der Waals surface area contributed by atoms with E-state index in [1.54, 1.807) is 12.1 Å². The molecule has 1 unspecified atom stereocenters. The number of β-lactam (4-membered cyclic amide) rings is 1. The van der Waals surface area contributed by atoms with Gasteiger partial charge in [-0.05, 0) is 41.5 Å². The van der Waals surface area contributed by atoms with Crippen LogP contribution in [-0.2, 0) is 24.6 Å². The normalized spacial score (nSPS) is 20.0. The van der Waals surface area contributed by atoms with Crippen molar-refractivity contribution in [3.05, 3.63) is 46.7 Å². The maximum atomic E-state index is 12.5. The van der Waals surface area contributed by atoms with Crippen molar-refractivity contribution in [1.29, 1.82) is 0 Å². The molecule has 11 nitrogen and oxygen atoms in total. The second kappa shape index (κ2) is 11.3. The van der Waals surface area contributed by atoms with Crippen LogP contribution in [0, 0.1) is 0 Å². The van der Waals surface area contributed by atoms with Gasteiger partial charge >= 0.3 is 11.9 Å². The maximum Gasteiger partial charge on any atom is 0.352 e. The number of aliphatic hydroxyl groups is 1. The van der Waals surface area contributed by atoms with Crippen LogP contribution in [-0.4, -0.2) is 79.7 Å². The van der Waals surface area contributed by atoms with Crippen LogP contribution in [0.15, 0.2) is 35.5 Å². The van der Waals surface area contributed by atoms with Gasteiger partial charge < -0.3 is 26.0 Å². The van der Waals surface area contributed by atoms with Crippen molar-refractivity contribution < 1.29 is 39.3 Å². The molecule has 2 heterocycles. The molecule has 0 saturated carbocycles. The van der Waals surface area contributed by atoms with E-state index in [-0.39, 0.29) is 41.7 Å². The number of carbonyl (C=O) groups excluding carboxylic acids is 3. The lowest BCUT2D eigenvalue weighted by Crippen LogP contribution is -2.70. The Hall–Kier alpha value is -3.38. The van der Waals surface area contributed by atoms with Crippen molar-refractivity contribution in [2.75, 3.05) is 12.4 Å². The van der Waals surface area contributed by atoms with Gasteiger partial charge in [0, 0.05) is 17.7 Å². The summed E-state index contributed by atoms with van der Waals surface area (Å²) in [6, 6.07) is 4.82. The van der Waals surface area contributed by atoms with Crippen molar-refractivity contribution in [2.45, 2.75) is 62.9 Å². The van der Waals surface area contributed by atoms with Gasteiger partial charge in [0.2, 0.25) is 5.91 Å². The third kappa shape index (κ3) is 6.31. The van der Waals surface area contributed by atoms with Crippen LogP contribution in [0.3, 0.4) is 0 Å². The monoisotopic (exact) mass is 533 g/mol. The summed E-state index contributed by atoms with van der Waals surface area (Å²) < 4.78 is 0. The fourth-order valence-electron chi connectivity index (χ4n) is 4.14. The minimum absolute atomic E-state index is 0.00322. The van der Waals surface area contributed by atoms with E-state index in [9.17, 15) is 39.3 Å². The predicted octanol–water partition coefficient (Wildman–Crippen LogP) is 1.07. The molecule has 3 rings (SSSR count). The summed E-state index contributed by atoms with van der Waals surface area (Å²) in [5, 5.41) is 32.8. The highest BCUT2D eigenvalue weighted by molar-refractivity contribution is 8.00. The summed E-state index contributed by atoms with van der Waals surface area (Å²) in [4.78, 5) is 61.7. The first kappa shape index (κ1) is 28.2. The Morgan fingerprint density at radius 2 is 1.78 bits per heavy atom.